The Kier molecular flexibility index (Phi) is 4.33. The summed E-state index contributed by atoms with van der Waals surface area (Å²) in [5.74, 6) is -0.671. The molecule has 0 bridgehead atoms. The van der Waals surface area contributed by atoms with Crippen LogP contribution in [-0.2, 0) is 17.8 Å². The molecule has 0 radical (unpaired) electrons. The third-order valence-electron chi connectivity index (χ3n) is 6.27. The van der Waals surface area contributed by atoms with Gasteiger partial charge in [-0.1, -0.05) is 30.3 Å². The maximum absolute atomic E-state index is 14.1. The minimum atomic E-state index is -0.384. The van der Waals surface area contributed by atoms with Crippen molar-refractivity contribution in [1.82, 2.24) is 18.6 Å². The summed E-state index contributed by atoms with van der Waals surface area (Å²) in [5, 5.41) is 0.774. The Labute approximate surface area is 187 Å². The molecule has 0 aliphatic heterocycles. The van der Waals surface area contributed by atoms with Crippen molar-refractivity contribution in [2.24, 2.45) is 0 Å². The number of aromatic amines is 1. The summed E-state index contributed by atoms with van der Waals surface area (Å²) in [6.07, 6.45) is 0.588. The van der Waals surface area contributed by atoms with Crippen LogP contribution in [0.15, 0.2) is 60.7 Å². The Morgan fingerprint density at radius 2 is 1.97 bits per heavy atom. The minimum absolute atomic E-state index is 0.0161. The fourth-order valence-electron chi connectivity index (χ4n) is 4.78. The van der Waals surface area contributed by atoms with Crippen LogP contribution in [0.5, 0.6) is 0 Å². The van der Waals surface area contributed by atoms with Crippen LogP contribution in [0.3, 0.4) is 0 Å². The Bertz CT molecular complexity index is 1500. The number of nitrogens with one attached hydrogen (secondary N) is 1. The lowest BCUT2D eigenvalue weighted by Crippen LogP contribution is -2.33. The lowest BCUT2D eigenvalue weighted by Gasteiger charge is -2.29. The van der Waals surface area contributed by atoms with E-state index >= 15 is 0 Å². The number of nitrogens with zero attached hydrogens (tertiary/aromatic N) is 3. The van der Waals surface area contributed by atoms with E-state index in [2.05, 4.69) is 25.9 Å². The van der Waals surface area contributed by atoms with E-state index in [1.54, 1.807) is 11.0 Å². The molecule has 1 atom stereocenters. The predicted molar refractivity (Wildman–Crippen MR) is 124 cm³/mol. The number of amides is 1. The van der Waals surface area contributed by atoms with E-state index in [-0.39, 0.29) is 17.6 Å². The van der Waals surface area contributed by atoms with E-state index < -0.39 is 0 Å². The number of H-pyrrole nitrogens is 1. The number of hydrogen-bond donors (Lipinski definition) is 1. The Hall–Kier alpha value is -3.58. The normalized spacial score (nSPS) is 15.0. The van der Waals surface area contributed by atoms with E-state index in [0.717, 1.165) is 49.9 Å². The van der Waals surface area contributed by atoms with Crippen LogP contribution in [0, 0.1) is 5.82 Å². The molecule has 1 N–H and O–H groups in total. The van der Waals surface area contributed by atoms with Crippen molar-refractivity contribution in [3.63, 3.8) is 0 Å². The lowest BCUT2D eigenvalue weighted by molar-refractivity contribution is -0.132. The smallest absolute Gasteiger partial charge is 0.230 e. The monoisotopic (exact) mass is 442 g/mol. The molecular weight excluding hydrogens is 423 g/mol. The van der Waals surface area contributed by atoms with E-state index in [1.165, 1.54) is 23.9 Å². The predicted octanol–water partition coefficient (Wildman–Crippen LogP) is 5.28. The van der Waals surface area contributed by atoms with E-state index in [4.69, 9.17) is 0 Å². The number of rotatable bonds is 3. The number of halogens is 1. The highest BCUT2D eigenvalue weighted by Crippen LogP contribution is 2.44. The van der Waals surface area contributed by atoms with Gasteiger partial charge in [-0.25, -0.2) is 4.39 Å². The SMILES string of the molecule is CN(Cc1ccc2nsnc2c1)C(=O)C1Cc2ccccc2-c2[nH]c3ccc(F)cc3c21. The van der Waals surface area contributed by atoms with Crippen LogP contribution in [0.4, 0.5) is 4.39 Å². The molecule has 5 aromatic rings. The summed E-state index contributed by atoms with van der Waals surface area (Å²) in [5.41, 5.74) is 7.54. The van der Waals surface area contributed by atoms with Gasteiger partial charge in [-0.3, -0.25) is 4.79 Å². The number of carbonyl (C=O) groups is 1. The van der Waals surface area contributed by atoms with Crippen molar-refractivity contribution >= 4 is 39.6 Å². The zero-order valence-corrected chi connectivity index (χ0v) is 18.1. The standard InChI is InChI=1S/C25H19FN4OS/c1-30(13-14-6-8-21-22(10-14)29-32-28-21)25(31)19-11-15-4-2-3-5-17(15)24-23(19)18-12-16(26)7-9-20(18)27-24/h2-10,12,19,27H,11,13H2,1H3. The summed E-state index contributed by atoms with van der Waals surface area (Å²) in [7, 11) is 1.82. The second-order valence-electron chi connectivity index (χ2n) is 8.30. The Balaban J connectivity index is 1.40. The zero-order valence-electron chi connectivity index (χ0n) is 17.3. The number of fused-ring (bicyclic) bond motifs is 6. The largest absolute Gasteiger partial charge is 0.354 e. The van der Waals surface area contributed by atoms with Gasteiger partial charge in [0.1, 0.15) is 16.9 Å². The summed E-state index contributed by atoms with van der Waals surface area (Å²) in [4.78, 5) is 18.9. The second-order valence-corrected chi connectivity index (χ2v) is 8.83. The average molecular weight is 443 g/mol. The van der Waals surface area contributed by atoms with Crippen molar-refractivity contribution in [1.29, 1.82) is 0 Å². The summed E-state index contributed by atoms with van der Waals surface area (Å²) in [6, 6.07) is 18.7. The van der Waals surface area contributed by atoms with Crippen LogP contribution in [-0.4, -0.2) is 31.6 Å². The molecular formula is C25H19FN4OS. The van der Waals surface area contributed by atoms with Gasteiger partial charge in [-0.2, -0.15) is 8.75 Å². The molecule has 1 aliphatic rings. The molecule has 0 fully saturated rings. The molecule has 2 heterocycles. The molecule has 0 spiro atoms. The molecule has 1 aliphatic carbocycles. The first-order valence-electron chi connectivity index (χ1n) is 10.4. The number of likely N-dealkylation sites (N-methyl/N-ethyl adjacent to an activating group) is 1. The molecule has 0 saturated carbocycles. The molecule has 32 heavy (non-hydrogen) atoms. The van der Waals surface area contributed by atoms with Gasteiger partial charge in [0.25, 0.3) is 0 Å². The average Bonchev–Trinajstić information content (AvgIpc) is 3.42. The first kappa shape index (κ1) is 19.1. The van der Waals surface area contributed by atoms with Crippen molar-refractivity contribution in [3.8, 4) is 11.3 Å². The van der Waals surface area contributed by atoms with Gasteiger partial charge in [0, 0.05) is 30.1 Å². The fraction of sp³-hybridized carbons (Fsp3) is 0.160. The van der Waals surface area contributed by atoms with Crippen molar-refractivity contribution in [2.45, 2.75) is 18.9 Å². The van der Waals surface area contributed by atoms with Crippen LogP contribution < -0.4 is 0 Å². The third-order valence-corrected chi connectivity index (χ3v) is 6.83. The molecule has 0 saturated heterocycles. The van der Waals surface area contributed by atoms with Crippen molar-refractivity contribution < 1.29 is 9.18 Å². The van der Waals surface area contributed by atoms with Gasteiger partial charge in [0.05, 0.1) is 23.3 Å². The fourth-order valence-corrected chi connectivity index (χ4v) is 5.30. The van der Waals surface area contributed by atoms with Gasteiger partial charge < -0.3 is 9.88 Å². The summed E-state index contributed by atoms with van der Waals surface area (Å²) in [6.45, 7) is 0.469. The summed E-state index contributed by atoms with van der Waals surface area (Å²) >= 11 is 1.18. The number of aromatic nitrogens is 3. The first-order chi connectivity index (χ1) is 15.6. The van der Waals surface area contributed by atoms with Gasteiger partial charge in [-0.05, 0) is 53.4 Å². The maximum atomic E-state index is 14.1. The van der Waals surface area contributed by atoms with Crippen LogP contribution >= 0.6 is 11.7 Å². The van der Waals surface area contributed by atoms with Gasteiger partial charge in [-0.15, -0.1) is 0 Å². The minimum Gasteiger partial charge on any atom is -0.354 e. The van der Waals surface area contributed by atoms with Crippen LogP contribution in [0.1, 0.15) is 22.6 Å². The third kappa shape index (κ3) is 3.00. The highest BCUT2D eigenvalue weighted by atomic mass is 32.1. The number of carbonyl (C=O) groups excluding carboxylic acids is 1. The number of hydrogen-bond acceptors (Lipinski definition) is 4. The molecule has 2 aromatic heterocycles. The topological polar surface area (TPSA) is 61.9 Å². The van der Waals surface area contributed by atoms with Gasteiger partial charge in [0.2, 0.25) is 5.91 Å². The molecule has 5 nitrogen and oxygen atoms in total. The van der Waals surface area contributed by atoms with Crippen molar-refractivity contribution in [3.05, 3.63) is 83.2 Å². The van der Waals surface area contributed by atoms with E-state index in [0.29, 0.717) is 13.0 Å². The molecule has 158 valence electrons. The first-order valence-corrected chi connectivity index (χ1v) is 11.2. The zero-order chi connectivity index (χ0) is 21.8. The van der Waals surface area contributed by atoms with Gasteiger partial charge >= 0.3 is 0 Å². The lowest BCUT2D eigenvalue weighted by atomic mass is 9.80. The molecule has 1 amide bonds. The highest BCUT2D eigenvalue weighted by Gasteiger charge is 2.34. The molecule has 1 unspecified atom stereocenters. The van der Waals surface area contributed by atoms with Crippen LogP contribution in [0.2, 0.25) is 0 Å². The van der Waals surface area contributed by atoms with Crippen molar-refractivity contribution in [2.75, 3.05) is 7.05 Å². The summed E-state index contributed by atoms with van der Waals surface area (Å²) < 4.78 is 22.7. The maximum Gasteiger partial charge on any atom is 0.230 e. The Morgan fingerprint density at radius 1 is 1.12 bits per heavy atom. The van der Waals surface area contributed by atoms with E-state index in [9.17, 15) is 9.18 Å². The number of benzene rings is 3. The van der Waals surface area contributed by atoms with Crippen LogP contribution in [0.25, 0.3) is 33.2 Å². The quantitative estimate of drug-likeness (QED) is 0.414. The highest BCUT2D eigenvalue weighted by molar-refractivity contribution is 7.00. The van der Waals surface area contributed by atoms with E-state index in [1.807, 2.05) is 37.4 Å². The van der Waals surface area contributed by atoms with Gasteiger partial charge in [0.15, 0.2) is 0 Å². The Morgan fingerprint density at radius 3 is 2.88 bits per heavy atom. The molecule has 7 heteroatoms. The molecule has 3 aromatic carbocycles. The second kappa shape index (κ2) is 7.24. The molecule has 6 rings (SSSR count).